The summed E-state index contributed by atoms with van der Waals surface area (Å²) >= 11 is 0. The predicted molar refractivity (Wildman–Crippen MR) is 228 cm³/mol. The van der Waals surface area contributed by atoms with E-state index in [1.54, 1.807) is 0 Å². The third-order valence-electron chi connectivity index (χ3n) is 10.8. The Morgan fingerprint density at radius 3 is 1.42 bits per heavy atom. The fourth-order valence-corrected chi connectivity index (χ4v) is 7.93. The summed E-state index contributed by atoms with van der Waals surface area (Å²) in [5.41, 5.74) is 19.6. The number of rotatable bonds is 8. The van der Waals surface area contributed by atoms with Gasteiger partial charge in [-0.3, -0.25) is 0 Å². The van der Waals surface area contributed by atoms with Gasteiger partial charge in [-0.05, 0) is 144 Å². The minimum atomic E-state index is -0.148. The average molecular weight is 687 g/mol. The predicted octanol–water partition coefficient (Wildman–Crippen LogP) is 14.3. The van der Waals surface area contributed by atoms with Crippen molar-refractivity contribution < 1.29 is 0 Å². The van der Waals surface area contributed by atoms with Gasteiger partial charge in [-0.1, -0.05) is 123 Å². The van der Waals surface area contributed by atoms with Crippen molar-refractivity contribution in [2.24, 2.45) is 0 Å². The van der Waals surface area contributed by atoms with E-state index in [4.69, 9.17) is 0 Å². The van der Waals surface area contributed by atoms with Crippen molar-refractivity contribution in [3.8, 4) is 11.1 Å². The van der Waals surface area contributed by atoms with Crippen molar-refractivity contribution in [3.63, 3.8) is 0 Å². The van der Waals surface area contributed by atoms with Gasteiger partial charge in [0.1, 0.15) is 0 Å². The van der Waals surface area contributed by atoms with Crippen molar-refractivity contribution in [2.75, 3.05) is 9.80 Å². The molecule has 0 unspecified atom stereocenters. The third-order valence-corrected chi connectivity index (χ3v) is 10.8. The number of nitrogens with zero attached hydrogens (tertiary/aromatic N) is 2. The van der Waals surface area contributed by atoms with Gasteiger partial charge in [0.15, 0.2) is 0 Å². The van der Waals surface area contributed by atoms with Crippen LogP contribution in [0.5, 0.6) is 0 Å². The topological polar surface area (TPSA) is 6.48 Å². The molecule has 260 valence electrons. The highest BCUT2D eigenvalue weighted by molar-refractivity contribution is 5.87. The van der Waals surface area contributed by atoms with Crippen LogP contribution < -0.4 is 9.80 Å². The molecule has 2 heteroatoms. The third kappa shape index (κ3) is 6.47. The van der Waals surface area contributed by atoms with Gasteiger partial charge in [0.2, 0.25) is 0 Å². The van der Waals surface area contributed by atoms with Crippen LogP contribution in [0.1, 0.15) is 58.4 Å². The minimum absolute atomic E-state index is 0.148. The molecule has 0 saturated heterocycles. The fraction of sp³-hybridized carbons (Fsp3) is 0.137. The van der Waals surface area contributed by atoms with E-state index in [0.29, 0.717) is 0 Å². The Hall–Kier alpha value is -6.12. The van der Waals surface area contributed by atoms with E-state index in [9.17, 15) is 0 Å². The smallest absolute Gasteiger partial charge is 0.0490 e. The molecule has 0 heterocycles. The van der Waals surface area contributed by atoms with Crippen LogP contribution in [0.4, 0.5) is 34.1 Å². The van der Waals surface area contributed by atoms with Gasteiger partial charge < -0.3 is 9.80 Å². The molecule has 0 amide bonds. The largest absolute Gasteiger partial charge is 0.310 e. The lowest BCUT2D eigenvalue weighted by molar-refractivity contribution is 0.660. The maximum atomic E-state index is 2.41. The van der Waals surface area contributed by atoms with Crippen molar-refractivity contribution in [1.82, 2.24) is 0 Å². The summed E-state index contributed by atoms with van der Waals surface area (Å²) in [7, 11) is 0. The van der Waals surface area contributed by atoms with Crippen molar-refractivity contribution in [2.45, 2.75) is 47.0 Å². The van der Waals surface area contributed by atoms with Crippen molar-refractivity contribution in [3.05, 3.63) is 202 Å². The SMILES string of the molecule is Cc1cccc(N(c2ccc(/C=C/c3ccc4c(c3)C(C)(C)c3cc(N(c5cccc(C)c5)c5ccccc5C)ccc3-4)cc2)c2ccccc2C)c1. The molecule has 0 radical (unpaired) electrons. The number of hydrogen-bond acceptors (Lipinski definition) is 2. The van der Waals surface area contributed by atoms with Crippen LogP contribution in [0.3, 0.4) is 0 Å². The van der Waals surface area contributed by atoms with E-state index in [2.05, 4.69) is 221 Å². The molecule has 53 heavy (non-hydrogen) atoms. The molecule has 1 aliphatic carbocycles. The van der Waals surface area contributed by atoms with Gasteiger partial charge in [0, 0.05) is 39.5 Å². The lowest BCUT2D eigenvalue weighted by atomic mass is 9.81. The first-order valence-electron chi connectivity index (χ1n) is 18.6. The Morgan fingerprint density at radius 1 is 0.396 bits per heavy atom. The molecular formula is C51H46N2. The summed E-state index contributed by atoms with van der Waals surface area (Å²) < 4.78 is 0. The molecule has 7 aromatic carbocycles. The number of fused-ring (bicyclic) bond motifs is 3. The van der Waals surface area contributed by atoms with Crippen LogP contribution in [0.25, 0.3) is 23.3 Å². The number of aryl methyl sites for hydroxylation is 4. The highest BCUT2D eigenvalue weighted by Gasteiger charge is 2.36. The highest BCUT2D eigenvalue weighted by Crippen LogP contribution is 2.51. The molecule has 0 N–H and O–H groups in total. The summed E-state index contributed by atoms with van der Waals surface area (Å²) in [5, 5.41) is 0. The Balaban J connectivity index is 1.09. The van der Waals surface area contributed by atoms with Gasteiger partial charge in [-0.25, -0.2) is 0 Å². The molecule has 0 spiro atoms. The number of hydrogen-bond donors (Lipinski definition) is 0. The van der Waals surface area contributed by atoms with E-state index in [-0.39, 0.29) is 5.41 Å². The normalized spacial score (nSPS) is 12.8. The number of para-hydroxylation sites is 2. The van der Waals surface area contributed by atoms with Gasteiger partial charge >= 0.3 is 0 Å². The maximum absolute atomic E-state index is 2.41. The molecule has 0 saturated carbocycles. The van der Waals surface area contributed by atoms with E-state index in [1.807, 2.05) is 0 Å². The summed E-state index contributed by atoms with van der Waals surface area (Å²) in [6.45, 7) is 13.4. The minimum Gasteiger partial charge on any atom is -0.310 e. The van der Waals surface area contributed by atoms with E-state index >= 15 is 0 Å². The standard InChI is InChI=1S/C51H46N2/c1-35-13-11-17-42(31-35)52(49-19-9-7-15-37(49)3)41-26-23-39(24-27-41)21-22-40-25-29-45-46-30-28-44(34-48(46)51(5,6)47(45)33-40)53(43-18-12-14-36(2)32-43)50-20-10-8-16-38(50)4/h7-34H,1-6H3/b22-21+. The van der Waals surface area contributed by atoms with Crippen LogP contribution in [0.2, 0.25) is 0 Å². The second-order valence-corrected chi connectivity index (χ2v) is 15.0. The van der Waals surface area contributed by atoms with Crippen LogP contribution in [0.15, 0.2) is 158 Å². The van der Waals surface area contributed by atoms with Crippen LogP contribution >= 0.6 is 0 Å². The number of benzene rings is 7. The lowest BCUT2D eigenvalue weighted by Crippen LogP contribution is -2.17. The zero-order chi connectivity index (χ0) is 36.7. The summed E-state index contributed by atoms with van der Waals surface area (Å²) in [5.74, 6) is 0. The second kappa shape index (κ2) is 13.8. The average Bonchev–Trinajstić information content (AvgIpc) is 3.38. The van der Waals surface area contributed by atoms with Gasteiger partial charge in [0.25, 0.3) is 0 Å². The summed E-state index contributed by atoms with van der Waals surface area (Å²) in [4.78, 5) is 4.75. The molecule has 0 aliphatic heterocycles. The molecule has 1 aliphatic rings. The zero-order valence-corrected chi connectivity index (χ0v) is 31.6. The lowest BCUT2D eigenvalue weighted by Gasteiger charge is -2.29. The molecular weight excluding hydrogens is 641 g/mol. The van der Waals surface area contributed by atoms with Crippen LogP contribution in [-0.2, 0) is 5.41 Å². The summed E-state index contributed by atoms with van der Waals surface area (Å²) in [6.07, 6.45) is 4.47. The fourth-order valence-electron chi connectivity index (χ4n) is 7.93. The summed E-state index contributed by atoms with van der Waals surface area (Å²) in [6, 6.07) is 57.6. The van der Waals surface area contributed by atoms with Gasteiger partial charge in [-0.15, -0.1) is 0 Å². The van der Waals surface area contributed by atoms with Crippen molar-refractivity contribution >= 4 is 46.3 Å². The first kappa shape index (κ1) is 34.0. The first-order chi connectivity index (χ1) is 25.7. The van der Waals surface area contributed by atoms with E-state index < -0.39 is 0 Å². The van der Waals surface area contributed by atoms with Crippen LogP contribution in [0, 0.1) is 27.7 Å². The Morgan fingerprint density at radius 2 is 0.849 bits per heavy atom. The monoisotopic (exact) mass is 686 g/mol. The highest BCUT2D eigenvalue weighted by atomic mass is 15.1. The molecule has 0 fully saturated rings. The van der Waals surface area contributed by atoms with E-state index in [1.165, 1.54) is 78.4 Å². The second-order valence-electron chi connectivity index (χ2n) is 15.0. The molecule has 0 bridgehead atoms. The Labute approximate surface area is 315 Å². The molecule has 2 nitrogen and oxygen atoms in total. The first-order valence-corrected chi connectivity index (χ1v) is 18.6. The molecule has 8 rings (SSSR count). The quantitative estimate of drug-likeness (QED) is 0.147. The van der Waals surface area contributed by atoms with Gasteiger partial charge in [0.05, 0.1) is 0 Å². The Bertz CT molecular complexity index is 2480. The molecule has 7 aromatic rings. The number of anilines is 6. The van der Waals surface area contributed by atoms with Crippen LogP contribution in [-0.4, -0.2) is 0 Å². The molecule has 0 aromatic heterocycles. The van der Waals surface area contributed by atoms with Gasteiger partial charge in [-0.2, -0.15) is 0 Å². The van der Waals surface area contributed by atoms with Crippen molar-refractivity contribution in [1.29, 1.82) is 0 Å². The zero-order valence-electron chi connectivity index (χ0n) is 31.6. The maximum Gasteiger partial charge on any atom is 0.0490 e. The Kier molecular flexibility index (Phi) is 8.84. The van der Waals surface area contributed by atoms with E-state index in [0.717, 1.165) is 11.4 Å². The molecule has 0 atom stereocenters.